The molecule has 2 rings (SSSR count). The molecule has 2 aromatic rings. The van der Waals surface area contributed by atoms with Gasteiger partial charge in [-0.25, -0.2) is 14.5 Å². The van der Waals surface area contributed by atoms with E-state index in [0.29, 0.717) is 22.3 Å². The number of carboxylic acid groups (broad SMARTS) is 1. The number of fused-ring (bicyclic) bond motifs is 1. The van der Waals surface area contributed by atoms with Crippen LogP contribution in [0.4, 0.5) is 0 Å². The maximum absolute atomic E-state index is 12.7. The molecule has 2 heterocycles. The van der Waals surface area contributed by atoms with E-state index in [9.17, 15) is 14.7 Å². The van der Waals surface area contributed by atoms with Crippen LogP contribution in [-0.2, 0) is 9.53 Å². The van der Waals surface area contributed by atoms with Crippen molar-refractivity contribution in [2.24, 2.45) is 0 Å². The number of rotatable bonds is 8. The highest BCUT2D eigenvalue weighted by molar-refractivity contribution is 6.06. The third-order valence-corrected chi connectivity index (χ3v) is 4.16. The van der Waals surface area contributed by atoms with E-state index in [1.807, 2.05) is 6.92 Å². The molecule has 25 heavy (non-hydrogen) atoms. The van der Waals surface area contributed by atoms with Gasteiger partial charge in [0.2, 0.25) is 0 Å². The number of carbonyl (C=O) groups is 2. The van der Waals surface area contributed by atoms with E-state index < -0.39 is 17.9 Å². The predicted octanol–water partition coefficient (Wildman–Crippen LogP) is 1.93. The van der Waals surface area contributed by atoms with Crippen LogP contribution in [0.1, 0.15) is 48.8 Å². The summed E-state index contributed by atoms with van der Waals surface area (Å²) in [5.74, 6) is -1.55. The van der Waals surface area contributed by atoms with Crippen molar-refractivity contribution in [1.29, 1.82) is 0 Å². The lowest BCUT2D eigenvalue weighted by Gasteiger charge is -2.15. The zero-order valence-electron chi connectivity index (χ0n) is 14.9. The Labute approximate surface area is 146 Å². The number of hydrogen-bond acceptors (Lipinski definition) is 5. The number of carbonyl (C=O) groups excluding carboxylic acids is 1. The number of nitrogens with zero attached hydrogens (tertiary/aromatic N) is 3. The van der Waals surface area contributed by atoms with Gasteiger partial charge in [0.05, 0.1) is 23.2 Å². The monoisotopic (exact) mass is 348 g/mol. The third kappa shape index (κ3) is 4.14. The molecule has 0 radical (unpaired) electrons. The molecular formula is C17H24N4O4. The maximum Gasteiger partial charge on any atom is 0.326 e. The van der Waals surface area contributed by atoms with Crippen LogP contribution in [0.15, 0.2) is 12.3 Å². The molecule has 8 nitrogen and oxygen atoms in total. The smallest absolute Gasteiger partial charge is 0.326 e. The topological polar surface area (TPSA) is 106 Å². The van der Waals surface area contributed by atoms with Crippen LogP contribution in [-0.4, -0.2) is 51.5 Å². The predicted molar refractivity (Wildman–Crippen MR) is 92.7 cm³/mol. The van der Waals surface area contributed by atoms with Gasteiger partial charge in [-0.2, -0.15) is 5.10 Å². The van der Waals surface area contributed by atoms with E-state index in [4.69, 9.17) is 4.74 Å². The van der Waals surface area contributed by atoms with E-state index >= 15 is 0 Å². The Morgan fingerprint density at radius 2 is 2.16 bits per heavy atom. The zero-order chi connectivity index (χ0) is 18.6. The van der Waals surface area contributed by atoms with Crippen LogP contribution in [0.25, 0.3) is 11.0 Å². The van der Waals surface area contributed by atoms with E-state index in [0.717, 1.165) is 6.42 Å². The molecular weight excluding hydrogens is 324 g/mol. The standard InChI is InChI=1S/C17H24N4O4/c1-5-11(3)21-15-13(9-18-21)12(8-10(2)19-15)16(22)20-14(17(23)24)6-7-25-4/h8-9,11,14H,5-7H2,1-4H3,(H,20,22)(H,23,24). The summed E-state index contributed by atoms with van der Waals surface area (Å²) in [7, 11) is 1.49. The Balaban J connectivity index is 2.37. The number of nitrogens with one attached hydrogen (secondary N) is 1. The summed E-state index contributed by atoms with van der Waals surface area (Å²) in [4.78, 5) is 28.5. The van der Waals surface area contributed by atoms with E-state index in [1.54, 1.807) is 23.9 Å². The van der Waals surface area contributed by atoms with Gasteiger partial charge >= 0.3 is 5.97 Å². The first-order valence-corrected chi connectivity index (χ1v) is 8.26. The molecule has 8 heteroatoms. The van der Waals surface area contributed by atoms with Gasteiger partial charge in [0.25, 0.3) is 5.91 Å². The Hall–Kier alpha value is -2.48. The number of ether oxygens (including phenoxy) is 1. The molecule has 2 atom stereocenters. The molecule has 1 amide bonds. The summed E-state index contributed by atoms with van der Waals surface area (Å²) < 4.78 is 6.69. The Bertz CT molecular complexity index is 771. The summed E-state index contributed by atoms with van der Waals surface area (Å²) in [5, 5.41) is 16.8. The van der Waals surface area contributed by atoms with Crippen LogP contribution in [0, 0.1) is 6.92 Å². The first kappa shape index (κ1) is 18.9. The second kappa shape index (κ2) is 8.06. The first-order chi connectivity index (χ1) is 11.9. The molecule has 2 unspecified atom stereocenters. The highest BCUT2D eigenvalue weighted by atomic mass is 16.5. The van der Waals surface area contributed by atoms with Crippen LogP contribution < -0.4 is 5.32 Å². The number of aryl methyl sites for hydroxylation is 1. The van der Waals surface area contributed by atoms with E-state index in [-0.39, 0.29) is 19.1 Å². The zero-order valence-corrected chi connectivity index (χ0v) is 14.9. The fourth-order valence-corrected chi connectivity index (χ4v) is 2.56. The van der Waals surface area contributed by atoms with Crippen molar-refractivity contribution < 1.29 is 19.4 Å². The van der Waals surface area contributed by atoms with Crippen molar-refractivity contribution >= 4 is 22.9 Å². The van der Waals surface area contributed by atoms with Crippen molar-refractivity contribution in [2.45, 2.75) is 45.7 Å². The number of aliphatic carboxylic acids is 1. The molecule has 0 spiro atoms. The minimum Gasteiger partial charge on any atom is -0.480 e. The minimum absolute atomic E-state index is 0.149. The summed E-state index contributed by atoms with van der Waals surface area (Å²) in [6.45, 7) is 6.12. The van der Waals surface area contributed by atoms with E-state index in [2.05, 4.69) is 22.3 Å². The highest BCUT2D eigenvalue weighted by Gasteiger charge is 2.23. The Morgan fingerprint density at radius 1 is 1.44 bits per heavy atom. The maximum atomic E-state index is 12.7. The van der Waals surface area contributed by atoms with Crippen LogP contribution >= 0.6 is 0 Å². The molecule has 0 aliphatic heterocycles. The molecule has 0 fully saturated rings. The summed E-state index contributed by atoms with van der Waals surface area (Å²) in [6, 6.07) is 0.784. The van der Waals surface area contributed by atoms with Gasteiger partial charge in [-0.1, -0.05) is 6.92 Å². The molecule has 136 valence electrons. The van der Waals surface area contributed by atoms with Crippen molar-refractivity contribution in [2.75, 3.05) is 13.7 Å². The number of methoxy groups -OCH3 is 1. The number of hydrogen-bond donors (Lipinski definition) is 2. The van der Waals surface area contributed by atoms with E-state index in [1.165, 1.54) is 7.11 Å². The number of carboxylic acids is 1. The third-order valence-electron chi connectivity index (χ3n) is 4.16. The molecule has 2 aromatic heterocycles. The SMILES string of the molecule is CCC(C)n1ncc2c(C(=O)NC(CCOC)C(=O)O)cc(C)nc21. The molecule has 0 saturated carbocycles. The molecule has 0 bridgehead atoms. The number of aromatic nitrogens is 3. The summed E-state index contributed by atoms with van der Waals surface area (Å²) in [6.07, 6.45) is 2.68. The summed E-state index contributed by atoms with van der Waals surface area (Å²) >= 11 is 0. The highest BCUT2D eigenvalue weighted by Crippen LogP contribution is 2.22. The number of pyridine rings is 1. The quantitative estimate of drug-likeness (QED) is 0.755. The van der Waals surface area contributed by atoms with Crippen molar-refractivity contribution in [3.8, 4) is 0 Å². The number of amides is 1. The fraction of sp³-hybridized carbons (Fsp3) is 0.529. The Kier molecular flexibility index (Phi) is 6.08. The van der Waals surface area contributed by atoms with Gasteiger partial charge < -0.3 is 15.2 Å². The normalized spacial score (nSPS) is 13.6. The van der Waals surface area contributed by atoms with Crippen LogP contribution in [0.5, 0.6) is 0 Å². The van der Waals surface area contributed by atoms with Crippen molar-refractivity contribution in [1.82, 2.24) is 20.1 Å². The van der Waals surface area contributed by atoms with Gasteiger partial charge in [0.1, 0.15) is 6.04 Å². The minimum atomic E-state index is -1.09. The largest absolute Gasteiger partial charge is 0.480 e. The first-order valence-electron chi connectivity index (χ1n) is 8.26. The van der Waals surface area contributed by atoms with Crippen LogP contribution in [0.3, 0.4) is 0 Å². The molecule has 0 aliphatic rings. The Morgan fingerprint density at radius 3 is 2.76 bits per heavy atom. The average Bonchev–Trinajstić information content (AvgIpc) is 3.00. The lowest BCUT2D eigenvalue weighted by atomic mass is 10.1. The molecule has 0 saturated heterocycles. The van der Waals surface area contributed by atoms with Gasteiger partial charge in [-0.15, -0.1) is 0 Å². The average molecular weight is 348 g/mol. The molecule has 0 aliphatic carbocycles. The van der Waals surface area contributed by atoms with Crippen molar-refractivity contribution in [3.63, 3.8) is 0 Å². The van der Waals surface area contributed by atoms with Gasteiger partial charge in [0, 0.05) is 25.8 Å². The van der Waals surface area contributed by atoms with Gasteiger partial charge in [0.15, 0.2) is 5.65 Å². The fourth-order valence-electron chi connectivity index (χ4n) is 2.56. The van der Waals surface area contributed by atoms with Crippen LogP contribution in [0.2, 0.25) is 0 Å². The molecule has 2 N–H and O–H groups in total. The molecule has 0 aromatic carbocycles. The summed E-state index contributed by atoms with van der Waals surface area (Å²) in [5.41, 5.74) is 1.68. The lowest BCUT2D eigenvalue weighted by molar-refractivity contribution is -0.139. The van der Waals surface area contributed by atoms with Crippen molar-refractivity contribution in [3.05, 3.63) is 23.5 Å². The second-order valence-corrected chi connectivity index (χ2v) is 6.04. The van der Waals surface area contributed by atoms with Gasteiger partial charge in [-0.05, 0) is 26.3 Å². The van der Waals surface area contributed by atoms with Gasteiger partial charge in [-0.3, -0.25) is 4.79 Å². The lowest BCUT2D eigenvalue weighted by Crippen LogP contribution is -2.41. The second-order valence-electron chi connectivity index (χ2n) is 6.04.